The Bertz CT molecular complexity index is 470. The molecular weight excluding hydrogens is 240 g/mol. The second-order valence-electron chi connectivity index (χ2n) is 5.72. The molecule has 2 aliphatic rings. The molecule has 1 aliphatic carbocycles. The van der Waals surface area contributed by atoms with Gasteiger partial charge in [-0.2, -0.15) is 5.10 Å². The predicted molar refractivity (Wildman–Crippen MR) is 73.8 cm³/mol. The summed E-state index contributed by atoms with van der Waals surface area (Å²) < 4.78 is 1.83. The maximum Gasteiger partial charge on any atom is 0.233 e. The first kappa shape index (κ1) is 12.7. The number of carbonyl (C=O) groups excluding carboxylic acids is 1. The molecule has 0 spiro atoms. The quantitative estimate of drug-likeness (QED) is 0.870. The lowest BCUT2D eigenvalue weighted by molar-refractivity contribution is -0.128. The summed E-state index contributed by atoms with van der Waals surface area (Å²) in [5, 5.41) is 10.7. The van der Waals surface area contributed by atoms with Crippen LogP contribution in [0.4, 0.5) is 5.82 Å². The molecule has 19 heavy (non-hydrogen) atoms. The fourth-order valence-corrected chi connectivity index (χ4v) is 3.62. The van der Waals surface area contributed by atoms with Gasteiger partial charge in [-0.05, 0) is 32.2 Å². The van der Waals surface area contributed by atoms with Gasteiger partial charge in [-0.25, -0.2) is 4.68 Å². The minimum atomic E-state index is -0.193. The van der Waals surface area contributed by atoms with Crippen LogP contribution >= 0.6 is 0 Å². The van der Waals surface area contributed by atoms with Crippen LogP contribution in [0.25, 0.3) is 0 Å². The van der Waals surface area contributed by atoms with Crippen molar-refractivity contribution in [3.05, 3.63) is 12.3 Å². The van der Waals surface area contributed by atoms with E-state index >= 15 is 0 Å². The molecule has 1 saturated heterocycles. The van der Waals surface area contributed by atoms with E-state index in [1.807, 2.05) is 17.7 Å². The molecule has 0 unspecified atom stereocenters. The van der Waals surface area contributed by atoms with Gasteiger partial charge in [-0.1, -0.05) is 12.8 Å². The molecule has 2 atom stereocenters. The normalized spacial score (nSPS) is 30.1. The SMILES string of the molecule is CCn1nccc1NC(=O)[C@@]12CCCC[C@H]1CNC2. The third-order valence-corrected chi connectivity index (χ3v) is 4.75. The molecule has 0 radical (unpaired) electrons. The zero-order chi connectivity index (χ0) is 13.3. The van der Waals surface area contributed by atoms with E-state index in [-0.39, 0.29) is 11.3 Å². The van der Waals surface area contributed by atoms with E-state index < -0.39 is 0 Å². The summed E-state index contributed by atoms with van der Waals surface area (Å²) in [7, 11) is 0. The van der Waals surface area contributed by atoms with Crippen LogP contribution < -0.4 is 10.6 Å². The average molecular weight is 262 g/mol. The van der Waals surface area contributed by atoms with E-state index in [1.54, 1.807) is 6.20 Å². The van der Waals surface area contributed by atoms with Gasteiger partial charge in [0.1, 0.15) is 5.82 Å². The summed E-state index contributed by atoms with van der Waals surface area (Å²) >= 11 is 0. The van der Waals surface area contributed by atoms with E-state index in [2.05, 4.69) is 15.7 Å². The van der Waals surface area contributed by atoms with Crippen LogP contribution in [-0.4, -0.2) is 28.8 Å². The Morgan fingerprint density at radius 2 is 2.53 bits per heavy atom. The second-order valence-corrected chi connectivity index (χ2v) is 5.72. The van der Waals surface area contributed by atoms with Gasteiger partial charge in [-0.15, -0.1) is 0 Å². The first-order valence-corrected chi connectivity index (χ1v) is 7.30. The molecule has 3 rings (SSSR count). The summed E-state index contributed by atoms with van der Waals surface area (Å²) in [4.78, 5) is 12.7. The fourth-order valence-electron chi connectivity index (χ4n) is 3.62. The van der Waals surface area contributed by atoms with Crippen LogP contribution in [0.2, 0.25) is 0 Å². The van der Waals surface area contributed by atoms with Crippen LogP contribution in [0.1, 0.15) is 32.6 Å². The van der Waals surface area contributed by atoms with E-state index in [4.69, 9.17) is 0 Å². The third kappa shape index (κ3) is 2.06. The zero-order valence-electron chi connectivity index (χ0n) is 11.5. The second kappa shape index (κ2) is 4.96. The maximum atomic E-state index is 12.7. The number of hydrogen-bond acceptors (Lipinski definition) is 3. The Morgan fingerprint density at radius 1 is 1.63 bits per heavy atom. The lowest BCUT2D eigenvalue weighted by Gasteiger charge is -2.37. The Kier molecular flexibility index (Phi) is 3.31. The molecule has 2 fully saturated rings. The number of fused-ring (bicyclic) bond motifs is 1. The first-order chi connectivity index (χ1) is 9.26. The van der Waals surface area contributed by atoms with Crippen molar-refractivity contribution in [1.29, 1.82) is 0 Å². The number of nitrogens with one attached hydrogen (secondary N) is 2. The summed E-state index contributed by atoms with van der Waals surface area (Å²) in [5.41, 5.74) is -0.193. The van der Waals surface area contributed by atoms with Gasteiger partial charge in [0.15, 0.2) is 0 Å². The van der Waals surface area contributed by atoms with E-state index in [0.717, 1.165) is 31.9 Å². The van der Waals surface area contributed by atoms with Gasteiger partial charge in [0.2, 0.25) is 5.91 Å². The molecule has 1 aliphatic heterocycles. The number of carbonyl (C=O) groups is 1. The smallest absolute Gasteiger partial charge is 0.233 e. The largest absolute Gasteiger partial charge is 0.315 e. The lowest BCUT2D eigenvalue weighted by Crippen LogP contribution is -2.44. The standard InChI is InChI=1S/C14H22N4O/c1-2-18-12(6-8-16-18)17-13(19)14-7-4-3-5-11(14)9-15-10-14/h6,8,11,15H,2-5,7,9-10H2,1H3,(H,17,19)/t11-,14+/m0/s1. The van der Waals surface area contributed by atoms with E-state index in [9.17, 15) is 4.79 Å². The van der Waals surface area contributed by atoms with Gasteiger partial charge < -0.3 is 10.6 Å². The van der Waals surface area contributed by atoms with Crippen LogP contribution in [-0.2, 0) is 11.3 Å². The Morgan fingerprint density at radius 3 is 3.37 bits per heavy atom. The van der Waals surface area contributed by atoms with Crippen molar-refractivity contribution in [3.8, 4) is 0 Å². The average Bonchev–Trinajstić information content (AvgIpc) is 3.04. The molecule has 1 aromatic heterocycles. The van der Waals surface area contributed by atoms with E-state index in [0.29, 0.717) is 5.92 Å². The molecule has 1 aromatic rings. The Hall–Kier alpha value is -1.36. The highest BCUT2D eigenvalue weighted by molar-refractivity contribution is 5.95. The van der Waals surface area contributed by atoms with Crippen LogP contribution in [0.15, 0.2) is 12.3 Å². The van der Waals surface area contributed by atoms with Crippen LogP contribution in [0.5, 0.6) is 0 Å². The predicted octanol–water partition coefficient (Wildman–Crippen LogP) is 1.62. The van der Waals surface area contributed by atoms with Crippen molar-refractivity contribution in [2.45, 2.75) is 39.2 Å². The highest BCUT2D eigenvalue weighted by Gasteiger charge is 2.49. The van der Waals surface area contributed by atoms with Crippen molar-refractivity contribution in [2.24, 2.45) is 11.3 Å². The molecule has 2 heterocycles. The molecule has 0 bridgehead atoms. The Balaban J connectivity index is 1.79. The van der Waals surface area contributed by atoms with Crippen molar-refractivity contribution < 1.29 is 4.79 Å². The van der Waals surface area contributed by atoms with Crippen molar-refractivity contribution >= 4 is 11.7 Å². The first-order valence-electron chi connectivity index (χ1n) is 7.30. The topological polar surface area (TPSA) is 59.0 Å². The summed E-state index contributed by atoms with van der Waals surface area (Å²) in [6, 6.07) is 1.87. The van der Waals surface area contributed by atoms with Crippen molar-refractivity contribution in [2.75, 3.05) is 18.4 Å². The summed E-state index contributed by atoms with van der Waals surface area (Å²) in [6.45, 7) is 4.61. The molecule has 104 valence electrons. The summed E-state index contributed by atoms with van der Waals surface area (Å²) in [5.74, 6) is 1.50. The number of anilines is 1. The zero-order valence-corrected chi connectivity index (χ0v) is 11.5. The van der Waals surface area contributed by atoms with Gasteiger partial charge in [0.05, 0.1) is 11.6 Å². The van der Waals surface area contributed by atoms with Gasteiger partial charge in [0, 0.05) is 19.2 Å². The number of rotatable bonds is 3. The lowest BCUT2D eigenvalue weighted by atomic mass is 9.67. The van der Waals surface area contributed by atoms with Gasteiger partial charge in [-0.3, -0.25) is 4.79 Å². The van der Waals surface area contributed by atoms with Crippen molar-refractivity contribution in [3.63, 3.8) is 0 Å². The number of aromatic nitrogens is 2. The Labute approximate surface area is 113 Å². The number of hydrogen-bond donors (Lipinski definition) is 2. The molecule has 5 heteroatoms. The summed E-state index contributed by atoms with van der Waals surface area (Å²) in [6.07, 6.45) is 6.35. The van der Waals surface area contributed by atoms with Crippen LogP contribution in [0.3, 0.4) is 0 Å². The molecule has 5 nitrogen and oxygen atoms in total. The number of aryl methyl sites for hydroxylation is 1. The monoisotopic (exact) mass is 262 g/mol. The number of amides is 1. The molecule has 2 N–H and O–H groups in total. The fraction of sp³-hybridized carbons (Fsp3) is 0.714. The maximum absolute atomic E-state index is 12.7. The molecule has 1 saturated carbocycles. The van der Waals surface area contributed by atoms with Crippen molar-refractivity contribution in [1.82, 2.24) is 15.1 Å². The van der Waals surface area contributed by atoms with Gasteiger partial charge in [0.25, 0.3) is 0 Å². The highest BCUT2D eigenvalue weighted by Crippen LogP contribution is 2.44. The highest BCUT2D eigenvalue weighted by atomic mass is 16.2. The third-order valence-electron chi connectivity index (χ3n) is 4.75. The van der Waals surface area contributed by atoms with Gasteiger partial charge >= 0.3 is 0 Å². The molecule has 1 amide bonds. The molecular formula is C14H22N4O. The number of nitrogens with zero attached hydrogens (tertiary/aromatic N) is 2. The minimum absolute atomic E-state index is 0.178. The molecule has 0 aromatic carbocycles. The van der Waals surface area contributed by atoms with E-state index in [1.165, 1.54) is 19.3 Å². The van der Waals surface area contributed by atoms with Crippen LogP contribution in [0, 0.1) is 11.3 Å². The minimum Gasteiger partial charge on any atom is -0.315 e.